The predicted molar refractivity (Wildman–Crippen MR) is 248 cm³/mol. The van der Waals surface area contributed by atoms with Crippen LogP contribution in [-0.4, -0.2) is 15.0 Å². The Bertz CT molecular complexity index is 3300. The van der Waals surface area contributed by atoms with Crippen molar-refractivity contribution in [2.24, 2.45) is 0 Å². The quantitative estimate of drug-likeness (QED) is 0.162. The molecule has 2 aromatic heterocycles. The molecule has 0 aliphatic carbocycles. The summed E-state index contributed by atoms with van der Waals surface area (Å²) in [5.74, 6) is 1.92. The van der Waals surface area contributed by atoms with E-state index in [-0.39, 0.29) is 0 Å². The van der Waals surface area contributed by atoms with Gasteiger partial charge in [0.25, 0.3) is 0 Å². The number of rotatable bonds is 7. The summed E-state index contributed by atoms with van der Waals surface area (Å²) in [6.07, 6.45) is 0. The molecule has 0 radical (unpaired) electrons. The highest BCUT2D eigenvalue weighted by Crippen LogP contribution is 2.41. The van der Waals surface area contributed by atoms with E-state index in [0.717, 1.165) is 38.9 Å². The number of nitrogens with zero attached hydrogens (tertiary/aromatic N) is 3. The van der Waals surface area contributed by atoms with Gasteiger partial charge in [0, 0.05) is 36.9 Å². The molecule has 0 bridgehead atoms. The first-order valence-corrected chi connectivity index (χ1v) is 20.7. The number of hydrogen-bond acceptors (Lipinski definition) is 4. The number of aromatic nitrogens is 3. The molecule has 11 rings (SSSR count). The average Bonchev–Trinajstić information content (AvgIpc) is 3.71. The van der Waals surface area contributed by atoms with E-state index in [1.54, 1.807) is 0 Å². The summed E-state index contributed by atoms with van der Waals surface area (Å²) in [6, 6.07) is 75.3. The lowest BCUT2D eigenvalue weighted by molar-refractivity contribution is 1.07. The van der Waals surface area contributed by atoms with Gasteiger partial charge in [-0.25, -0.2) is 15.0 Å². The van der Waals surface area contributed by atoms with E-state index in [4.69, 9.17) is 15.0 Å². The molecule has 2 heterocycles. The van der Waals surface area contributed by atoms with E-state index in [1.165, 1.54) is 53.2 Å². The zero-order valence-corrected chi connectivity index (χ0v) is 32.8. The highest BCUT2D eigenvalue weighted by molar-refractivity contribution is 7.26. The third-order valence-corrected chi connectivity index (χ3v) is 12.4. The lowest BCUT2D eigenvalue weighted by atomic mass is 9.92. The van der Waals surface area contributed by atoms with Gasteiger partial charge >= 0.3 is 0 Å². The smallest absolute Gasteiger partial charge is 0.164 e. The van der Waals surface area contributed by atoms with Crippen LogP contribution in [0.15, 0.2) is 212 Å². The molecule has 0 fully saturated rings. The molecule has 0 spiro atoms. The Labute approximate surface area is 346 Å². The third kappa shape index (κ3) is 6.46. The minimum Gasteiger partial charge on any atom is -0.208 e. The van der Waals surface area contributed by atoms with Crippen LogP contribution in [0.25, 0.3) is 110 Å². The van der Waals surface area contributed by atoms with Gasteiger partial charge in [-0.3, -0.25) is 0 Å². The Kier molecular flexibility index (Phi) is 8.68. The summed E-state index contributed by atoms with van der Waals surface area (Å²) in [5, 5.41) is 5.07. The molecule has 0 atom stereocenters. The van der Waals surface area contributed by atoms with Crippen LogP contribution in [0.3, 0.4) is 0 Å². The van der Waals surface area contributed by atoms with Crippen molar-refractivity contribution in [1.29, 1.82) is 0 Å². The van der Waals surface area contributed by atoms with Crippen LogP contribution in [0.4, 0.5) is 0 Å². The first-order chi connectivity index (χ1) is 29.2. The number of fused-ring (bicyclic) bond motifs is 4. The van der Waals surface area contributed by atoms with Crippen LogP contribution >= 0.6 is 11.3 Å². The Balaban J connectivity index is 0.969. The molecule has 3 nitrogen and oxygen atoms in total. The van der Waals surface area contributed by atoms with E-state index < -0.39 is 0 Å². The van der Waals surface area contributed by atoms with E-state index in [1.807, 2.05) is 53.8 Å². The minimum absolute atomic E-state index is 0.633. The molecule has 9 aromatic carbocycles. The molecule has 276 valence electrons. The molecule has 0 amide bonds. The van der Waals surface area contributed by atoms with Gasteiger partial charge in [0.15, 0.2) is 17.5 Å². The molecular weight excluding hydrogens is 735 g/mol. The lowest BCUT2D eigenvalue weighted by Crippen LogP contribution is -2.01. The molecular formula is C55H35N3S. The maximum atomic E-state index is 5.12. The second kappa shape index (κ2) is 14.8. The summed E-state index contributed by atoms with van der Waals surface area (Å²) < 4.78 is 2.65. The van der Waals surface area contributed by atoms with Gasteiger partial charge < -0.3 is 0 Å². The van der Waals surface area contributed by atoms with Crippen LogP contribution in [-0.2, 0) is 0 Å². The predicted octanol–water partition coefficient (Wildman–Crippen LogP) is 15.1. The second-order valence-corrected chi connectivity index (χ2v) is 15.8. The lowest BCUT2D eigenvalue weighted by Gasteiger charge is -2.13. The first-order valence-electron chi connectivity index (χ1n) is 19.8. The number of benzene rings is 9. The van der Waals surface area contributed by atoms with E-state index >= 15 is 0 Å². The molecule has 0 saturated carbocycles. The SMILES string of the molecule is c1ccc(-c2nc(-c3ccc(-c4cc(-c5ccc(-c6cccc7c6sc6ccccc67)cc5)c5ccccc5c4)cc3)nc(-c3ccccc3-c3ccccc3)n2)cc1. The van der Waals surface area contributed by atoms with Crippen LogP contribution in [0, 0.1) is 0 Å². The molecule has 0 N–H and O–H groups in total. The summed E-state index contributed by atoms with van der Waals surface area (Å²) >= 11 is 1.87. The minimum atomic E-state index is 0.633. The Morgan fingerprint density at radius 1 is 0.271 bits per heavy atom. The largest absolute Gasteiger partial charge is 0.208 e. The molecule has 0 unspecified atom stereocenters. The third-order valence-electron chi connectivity index (χ3n) is 11.2. The highest BCUT2D eigenvalue weighted by Gasteiger charge is 2.17. The summed E-state index contributed by atoms with van der Waals surface area (Å²) in [4.78, 5) is 15.2. The average molecular weight is 770 g/mol. The van der Waals surface area contributed by atoms with Crippen molar-refractivity contribution in [3.05, 3.63) is 212 Å². The van der Waals surface area contributed by atoms with Crippen LogP contribution in [0.5, 0.6) is 0 Å². The normalized spacial score (nSPS) is 11.4. The monoisotopic (exact) mass is 769 g/mol. The molecule has 59 heavy (non-hydrogen) atoms. The Morgan fingerprint density at radius 2 is 0.763 bits per heavy atom. The molecule has 4 heteroatoms. The van der Waals surface area contributed by atoms with Crippen molar-refractivity contribution < 1.29 is 0 Å². The zero-order valence-electron chi connectivity index (χ0n) is 32.0. The standard InChI is InChI=1S/C55H35N3S/c1-3-14-37(15-4-1)44-19-9-10-22-49(44)55-57-53(40-16-5-2-6-17-40)56-54(58-55)41-32-26-36(27-33-41)43-34-42-18-7-8-20-45(42)50(35-43)39-30-28-38(29-31-39)46-23-13-24-48-47-21-11-12-25-51(47)59-52(46)48/h1-35H. The van der Waals surface area contributed by atoms with Gasteiger partial charge in [-0.2, -0.15) is 0 Å². The maximum absolute atomic E-state index is 5.12. The molecule has 0 saturated heterocycles. The molecule has 0 aliphatic rings. The van der Waals surface area contributed by atoms with Crippen molar-refractivity contribution in [1.82, 2.24) is 15.0 Å². The van der Waals surface area contributed by atoms with Crippen LogP contribution < -0.4 is 0 Å². The fourth-order valence-electron chi connectivity index (χ4n) is 8.22. The fourth-order valence-corrected chi connectivity index (χ4v) is 9.46. The van der Waals surface area contributed by atoms with Crippen molar-refractivity contribution in [3.63, 3.8) is 0 Å². The van der Waals surface area contributed by atoms with E-state index in [9.17, 15) is 0 Å². The van der Waals surface area contributed by atoms with Gasteiger partial charge in [0.05, 0.1) is 0 Å². The van der Waals surface area contributed by atoms with Crippen LogP contribution in [0.2, 0.25) is 0 Å². The summed E-state index contributed by atoms with van der Waals surface area (Å²) in [7, 11) is 0. The highest BCUT2D eigenvalue weighted by atomic mass is 32.1. The van der Waals surface area contributed by atoms with E-state index in [0.29, 0.717) is 17.5 Å². The topological polar surface area (TPSA) is 38.7 Å². The van der Waals surface area contributed by atoms with Gasteiger partial charge in [0.1, 0.15) is 0 Å². The maximum Gasteiger partial charge on any atom is 0.164 e. The Hall–Kier alpha value is -7.53. The van der Waals surface area contributed by atoms with Gasteiger partial charge in [-0.05, 0) is 73.5 Å². The Morgan fingerprint density at radius 3 is 1.51 bits per heavy atom. The van der Waals surface area contributed by atoms with Gasteiger partial charge in [0.2, 0.25) is 0 Å². The zero-order chi connectivity index (χ0) is 39.1. The van der Waals surface area contributed by atoms with Crippen molar-refractivity contribution in [2.75, 3.05) is 0 Å². The number of hydrogen-bond donors (Lipinski definition) is 0. The van der Waals surface area contributed by atoms with Crippen LogP contribution in [0.1, 0.15) is 0 Å². The fraction of sp³-hybridized carbons (Fsp3) is 0. The molecule has 11 aromatic rings. The first kappa shape index (κ1) is 34.7. The van der Waals surface area contributed by atoms with Crippen molar-refractivity contribution in [3.8, 4) is 78.7 Å². The van der Waals surface area contributed by atoms with Gasteiger partial charge in [-0.15, -0.1) is 11.3 Å². The second-order valence-electron chi connectivity index (χ2n) is 14.8. The van der Waals surface area contributed by atoms with Crippen molar-refractivity contribution in [2.45, 2.75) is 0 Å². The molecule has 0 aliphatic heterocycles. The summed E-state index contributed by atoms with van der Waals surface area (Å²) in [5.41, 5.74) is 12.2. The van der Waals surface area contributed by atoms with Crippen molar-refractivity contribution >= 4 is 42.3 Å². The van der Waals surface area contributed by atoms with Gasteiger partial charge in [-0.1, -0.05) is 194 Å². The van der Waals surface area contributed by atoms with E-state index in [2.05, 4.69) is 170 Å². The number of thiophene rings is 1. The summed E-state index contributed by atoms with van der Waals surface area (Å²) in [6.45, 7) is 0.